The molecule has 69 heavy (non-hydrogen) atoms. The quantitative estimate of drug-likeness (QED) is 0.159. The molecule has 14 rings (SSSR count). The summed E-state index contributed by atoms with van der Waals surface area (Å²) in [6.45, 7) is 0. The molecule has 322 valence electrons. The van der Waals surface area contributed by atoms with Crippen LogP contribution in [0.4, 0.5) is 0 Å². The lowest BCUT2D eigenvalue weighted by molar-refractivity contribution is 0.953. The van der Waals surface area contributed by atoms with E-state index in [4.69, 9.17) is 24.9 Å². The summed E-state index contributed by atoms with van der Waals surface area (Å²) in [7, 11) is 0. The van der Waals surface area contributed by atoms with Gasteiger partial charge in [0.05, 0.1) is 44.3 Å². The summed E-state index contributed by atoms with van der Waals surface area (Å²) in [6, 6.07) is 78.4. The molecule has 8 aromatic carbocycles. The predicted molar refractivity (Wildman–Crippen MR) is 280 cm³/mol. The van der Waals surface area contributed by atoms with Gasteiger partial charge in [-0.3, -0.25) is 14.1 Å². The molecule has 0 amide bonds. The molecule has 0 aliphatic rings. The van der Waals surface area contributed by atoms with E-state index in [1.54, 1.807) is 0 Å². The first kappa shape index (κ1) is 38.7. The SMILES string of the molecule is c1ccc(-c2nc(-c3ccccc3)nc(-n3c4ccccc4c4ccc(-c5ccc6c(c5)c5ccccc5n6-c5cccc(-c6ccc7c(c6)c6ncccc6n7-c6ccccc6)n5)cc43)n2)cc1. The Hall–Kier alpha value is -9.53. The molecule has 8 nitrogen and oxygen atoms in total. The van der Waals surface area contributed by atoms with E-state index in [-0.39, 0.29) is 0 Å². The van der Waals surface area contributed by atoms with E-state index in [0.29, 0.717) is 17.6 Å². The van der Waals surface area contributed by atoms with Gasteiger partial charge in [0.1, 0.15) is 5.82 Å². The minimum Gasteiger partial charge on any atom is -0.308 e. The Kier molecular flexibility index (Phi) is 8.72. The van der Waals surface area contributed by atoms with Crippen LogP contribution in [0.25, 0.3) is 128 Å². The van der Waals surface area contributed by atoms with Crippen LogP contribution >= 0.6 is 0 Å². The van der Waals surface area contributed by atoms with Crippen LogP contribution in [-0.2, 0) is 0 Å². The van der Waals surface area contributed by atoms with Gasteiger partial charge in [0.2, 0.25) is 5.95 Å². The number of aromatic nitrogens is 8. The van der Waals surface area contributed by atoms with Gasteiger partial charge in [0.15, 0.2) is 11.6 Å². The predicted octanol–water partition coefficient (Wildman–Crippen LogP) is 14.6. The third kappa shape index (κ3) is 6.27. The standard InChI is InChI=1S/C61H38N8/c1-4-16-39(17-5-1)59-64-60(40-18-6-2-7-19-40)66-61(65-59)69-52-26-13-10-22-45(52)47-32-29-42(38-56(47)69)41-30-33-53-48(36-41)46-23-11-12-25-51(46)68(53)57-28-14-24-50(63-57)43-31-34-54-49(37-43)58-55(27-15-35-62-58)67(54)44-20-8-3-9-21-44/h1-38H. The second-order valence-electron chi connectivity index (χ2n) is 17.3. The maximum absolute atomic E-state index is 5.38. The lowest BCUT2D eigenvalue weighted by atomic mass is 10.0. The Labute approximate surface area is 395 Å². The molecule has 0 bridgehead atoms. The van der Waals surface area contributed by atoms with Crippen LogP contribution in [0.5, 0.6) is 0 Å². The molecule has 14 aromatic rings. The van der Waals surface area contributed by atoms with Crippen LogP contribution in [0, 0.1) is 0 Å². The van der Waals surface area contributed by atoms with Crippen molar-refractivity contribution in [2.24, 2.45) is 0 Å². The Bertz CT molecular complexity index is 4250. The fourth-order valence-electron chi connectivity index (χ4n) is 10.2. The van der Waals surface area contributed by atoms with Crippen LogP contribution in [0.15, 0.2) is 231 Å². The van der Waals surface area contributed by atoms with Crippen LogP contribution < -0.4 is 0 Å². The van der Waals surface area contributed by atoms with E-state index in [0.717, 1.165) is 111 Å². The van der Waals surface area contributed by atoms with Crippen molar-refractivity contribution in [1.29, 1.82) is 0 Å². The van der Waals surface area contributed by atoms with Gasteiger partial charge in [-0.05, 0) is 90.0 Å². The van der Waals surface area contributed by atoms with Crippen molar-refractivity contribution >= 4 is 65.5 Å². The van der Waals surface area contributed by atoms with Gasteiger partial charge in [-0.2, -0.15) is 9.97 Å². The summed E-state index contributed by atoms with van der Waals surface area (Å²) in [5, 5.41) is 5.65. The zero-order chi connectivity index (χ0) is 45.4. The monoisotopic (exact) mass is 882 g/mol. The first-order chi connectivity index (χ1) is 34.2. The van der Waals surface area contributed by atoms with E-state index in [1.807, 2.05) is 79.0 Å². The number of hydrogen-bond acceptors (Lipinski definition) is 5. The van der Waals surface area contributed by atoms with E-state index >= 15 is 0 Å². The molecular weight excluding hydrogens is 845 g/mol. The number of benzene rings is 8. The van der Waals surface area contributed by atoms with Crippen LogP contribution in [0.3, 0.4) is 0 Å². The highest BCUT2D eigenvalue weighted by atomic mass is 15.2. The summed E-state index contributed by atoms with van der Waals surface area (Å²) in [5.74, 6) is 2.65. The molecule has 8 heteroatoms. The Morgan fingerprint density at radius 2 is 0.841 bits per heavy atom. The summed E-state index contributed by atoms with van der Waals surface area (Å²) in [5.41, 5.74) is 14.4. The van der Waals surface area contributed by atoms with E-state index in [2.05, 4.69) is 165 Å². The van der Waals surface area contributed by atoms with Gasteiger partial charge in [0.25, 0.3) is 0 Å². The van der Waals surface area contributed by atoms with Gasteiger partial charge in [-0.25, -0.2) is 9.97 Å². The van der Waals surface area contributed by atoms with Crippen molar-refractivity contribution in [3.05, 3.63) is 231 Å². The number of pyridine rings is 2. The number of rotatable bonds is 7. The lowest BCUT2D eigenvalue weighted by Gasteiger charge is -2.12. The molecule has 0 N–H and O–H groups in total. The molecule has 0 fully saturated rings. The zero-order valence-corrected chi connectivity index (χ0v) is 37.0. The maximum Gasteiger partial charge on any atom is 0.238 e. The second kappa shape index (κ2) is 15.5. The molecule has 0 aliphatic carbocycles. The first-order valence-corrected chi connectivity index (χ1v) is 23.1. The zero-order valence-electron chi connectivity index (χ0n) is 37.0. The van der Waals surface area contributed by atoms with Crippen molar-refractivity contribution < 1.29 is 0 Å². The van der Waals surface area contributed by atoms with Gasteiger partial charge in [-0.1, -0.05) is 146 Å². The molecule has 0 radical (unpaired) electrons. The van der Waals surface area contributed by atoms with Crippen LogP contribution in [-0.4, -0.2) is 38.6 Å². The Morgan fingerprint density at radius 3 is 1.58 bits per heavy atom. The average Bonchev–Trinajstić information content (AvgIpc) is 4.06. The molecule has 6 aromatic heterocycles. The summed E-state index contributed by atoms with van der Waals surface area (Å²) in [4.78, 5) is 25.6. The fraction of sp³-hybridized carbons (Fsp3) is 0. The molecule has 0 atom stereocenters. The topological polar surface area (TPSA) is 79.2 Å². The Morgan fingerprint density at radius 1 is 0.290 bits per heavy atom. The fourth-order valence-corrected chi connectivity index (χ4v) is 10.2. The van der Waals surface area contributed by atoms with E-state index in [9.17, 15) is 0 Å². The van der Waals surface area contributed by atoms with Crippen molar-refractivity contribution in [3.8, 4) is 62.6 Å². The smallest absolute Gasteiger partial charge is 0.238 e. The third-order valence-corrected chi connectivity index (χ3v) is 13.4. The molecule has 0 saturated carbocycles. The maximum atomic E-state index is 5.38. The van der Waals surface area contributed by atoms with Crippen molar-refractivity contribution in [1.82, 2.24) is 38.6 Å². The molecule has 0 saturated heterocycles. The molecular formula is C61H38N8. The van der Waals surface area contributed by atoms with Crippen molar-refractivity contribution in [3.63, 3.8) is 0 Å². The normalized spacial score (nSPS) is 11.8. The highest BCUT2D eigenvalue weighted by Crippen LogP contribution is 2.39. The van der Waals surface area contributed by atoms with Crippen molar-refractivity contribution in [2.75, 3.05) is 0 Å². The summed E-state index contributed by atoms with van der Waals surface area (Å²) in [6.07, 6.45) is 1.87. The van der Waals surface area contributed by atoms with Gasteiger partial charge < -0.3 is 4.57 Å². The third-order valence-electron chi connectivity index (χ3n) is 13.4. The van der Waals surface area contributed by atoms with Crippen LogP contribution in [0.1, 0.15) is 0 Å². The summed E-state index contributed by atoms with van der Waals surface area (Å²) < 4.78 is 6.76. The number of hydrogen-bond donors (Lipinski definition) is 0. The lowest BCUT2D eigenvalue weighted by Crippen LogP contribution is -2.06. The molecule has 6 heterocycles. The Balaban J connectivity index is 0.900. The largest absolute Gasteiger partial charge is 0.308 e. The van der Waals surface area contributed by atoms with Crippen molar-refractivity contribution in [2.45, 2.75) is 0 Å². The average molecular weight is 883 g/mol. The van der Waals surface area contributed by atoms with Crippen LogP contribution in [0.2, 0.25) is 0 Å². The summed E-state index contributed by atoms with van der Waals surface area (Å²) >= 11 is 0. The van der Waals surface area contributed by atoms with Gasteiger partial charge >= 0.3 is 0 Å². The highest BCUT2D eigenvalue weighted by Gasteiger charge is 2.21. The minimum absolute atomic E-state index is 0.565. The highest BCUT2D eigenvalue weighted by molar-refractivity contribution is 6.13. The van der Waals surface area contributed by atoms with Gasteiger partial charge in [-0.15, -0.1) is 0 Å². The molecule has 0 spiro atoms. The molecule has 0 aliphatic heterocycles. The number of para-hydroxylation sites is 3. The molecule has 0 unspecified atom stereocenters. The van der Waals surface area contributed by atoms with E-state index in [1.165, 1.54) is 0 Å². The first-order valence-electron chi connectivity index (χ1n) is 23.1. The minimum atomic E-state index is 0.565. The second-order valence-corrected chi connectivity index (χ2v) is 17.3. The number of nitrogens with zero attached hydrogens (tertiary/aromatic N) is 8. The van der Waals surface area contributed by atoms with Gasteiger partial charge in [0, 0.05) is 55.5 Å². The van der Waals surface area contributed by atoms with E-state index < -0.39 is 0 Å². The number of fused-ring (bicyclic) bond motifs is 9.